The number of hydrogen-bond acceptors (Lipinski definition) is 8. The molecule has 0 spiro atoms. The molecule has 0 aromatic heterocycles. The van der Waals surface area contributed by atoms with Crippen molar-refractivity contribution in [3.63, 3.8) is 0 Å². The average molecular weight is 460 g/mol. The Labute approximate surface area is 188 Å². The maximum atomic E-state index is 13.4. The number of hydroxylamine groups is 2. The van der Waals surface area contributed by atoms with Gasteiger partial charge in [-0.3, -0.25) is 19.2 Å². The Morgan fingerprint density at radius 3 is 2.64 bits per heavy atom. The van der Waals surface area contributed by atoms with Crippen LogP contribution in [-0.4, -0.2) is 70.7 Å². The van der Waals surface area contributed by atoms with Crippen LogP contribution in [0.1, 0.15) is 31.2 Å². The summed E-state index contributed by atoms with van der Waals surface area (Å²) in [6, 6.07) is 6.58. The molecule has 0 bridgehead atoms. The van der Waals surface area contributed by atoms with Crippen molar-refractivity contribution in [3.8, 4) is 0 Å². The van der Waals surface area contributed by atoms with Crippen molar-refractivity contribution in [1.29, 1.82) is 0 Å². The Kier molecular flexibility index (Phi) is 6.29. The molecular weight excluding hydrogens is 436 g/mol. The molecule has 3 aliphatic heterocycles. The second-order valence-electron chi connectivity index (χ2n) is 7.94. The summed E-state index contributed by atoms with van der Waals surface area (Å²) in [6.45, 7) is 0.00735. The molecule has 0 saturated carbocycles. The maximum Gasteiger partial charge on any atom is 0.408 e. The molecule has 5 amide bonds. The van der Waals surface area contributed by atoms with Gasteiger partial charge in [0.1, 0.15) is 25.4 Å². The van der Waals surface area contributed by atoms with Crippen LogP contribution in [-0.2, 0) is 35.3 Å². The molecule has 3 fully saturated rings. The van der Waals surface area contributed by atoms with Gasteiger partial charge in [-0.15, -0.1) is 0 Å². The highest BCUT2D eigenvalue weighted by Crippen LogP contribution is 2.39. The van der Waals surface area contributed by atoms with Gasteiger partial charge in [-0.1, -0.05) is 30.3 Å². The number of primary amides is 1. The summed E-state index contributed by atoms with van der Waals surface area (Å²) in [4.78, 5) is 69.4. The van der Waals surface area contributed by atoms with Crippen LogP contribution in [0.25, 0.3) is 0 Å². The van der Waals surface area contributed by atoms with Crippen molar-refractivity contribution >= 4 is 29.7 Å². The first kappa shape index (κ1) is 22.7. The van der Waals surface area contributed by atoms with Gasteiger partial charge in [-0.2, -0.15) is 5.06 Å². The molecule has 0 aliphatic carbocycles. The number of benzene rings is 1. The highest BCUT2D eigenvalue weighted by atomic mass is 16.7. The number of ketones is 1. The van der Waals surface area contributed by atoms with Gasteiger partial charge in [-0.25, -0.2) is 14.5 Å². The molecule has 3 atom stereocenters. The van der Waals surface area contributed by atoms with Crippen molar-refractivity contribution in [2.24, 2.45) is 5.73 Å². The van der Waals surface area contributed by atoms with E-state index in [9.17, 15) is 24.0 Å². The molecule has 12 heteroatoms. The predicted octanol–water partition coefficient (Wildman–Crippen LogP) is 0.201. The van der Waals surface area contributed by atoms with E-state index in [0.29, 0.717) is 29.4 Å². The van der Waals surface area contributed by atoms with Crippen molar-refractivity contribution < 1.29 is 38.3 Å². The zero-order chi connectivity index (χ0) is 23.6. The van der Waals surface area contributed by atoms with E-state index in [4.69, 9.17) is 20.0 Å². The molecule has 2 unspecified atom stereocenters. The maximum absolute atomic E-state index is 13.4. The highest BCUT2D eigenvalue weighted by Gasteiger charge is 2.63. The molecule has 1 aromatic rings. The fourth-order valence-corrected chi connectivity index (χ4v) is 4.31. The van der Waals surface area contributed by atoms with Crippen LogP contribution < -0.4 is 11.1 Å². The van der Waals surface area contributed by atoms with Crippen LogP contribution in [0, 0.1) is 0 Å². The third-order valence-corrected chi connectivity index (χ3v) is 5.85. The van der Waals surface area contributed by atoms with Crippen molar-refractivity contribution in [2.45, 2.75) is 50.1 Å². The molecule has 12 nitrogen and oxygen atoms in total. The standard InChI is InChI=1S/C21H24N4O8/c22-19(29)24-16(26)8-9-21(24,17(27)15-7-4-10-31-15)25-18(28)14(12-33-25)23-20(30)32-11-13-5-2-1-3-6-13/h1-3,5-6,14-15H,4,7-12H2,(H2,22,29)(H,23,30)/t14-,15?,21?/m0/s1. The van der Waals surface area contributed by atoms with Gasteiger partial charge in [0.15, 0.2) is 0 Å². The number of nitrogens with zero attached hydrogens (tertiary/aromatic N) is 2. The number of nitrogens with two attached hydrogens (primary N) is 1. The van der Waals surface area contributed by atoms with E-state index < -0.39 is 47.5 Å². The molecular formula is C21H24N4O8. The number of carbonyl (C=O) groups excluding carboxylic acids is 5. The molecule has 3 aliphatic rings. The Morgan fingerprint density at radius 2 is 1.97 bits per heavy atom. The van der Waals surface area contributed by atoms with Crippen LogP contribution in [0.3, 0.4) is 0 Å². The number of rotatable bonds is 6. The lowest BCUT2D eigenvalue weighted by Gasteiger charge is -2.41. The Balaban J connectivity index is 1.51. The van der Waals surface area contributed by atoms with Crippen molar-refractivity contribution in [3.05, 3.63) is 35.9 Å². The van der Waals surface area contributed by atoms with E-state index in [1.54, 1.807) is 24.3 Å². The number of nitrogens with one attached hydrogen (secondary N) is 1. The third-order valence-electron chi connectivity index (χ3n) is 5.85. The SMILES string of the molecule is NC(=O)N1C(=O)CCC1(C(=O)C1CCCO1)N1OC[C@H](NC(=O)OCc2ccccc2)C1=O. The minimum absolute atomic E-state index is 0.0104. The summed E-state index contributed by atoms with van der Waals surface area (Å²) < 4.78 is 10.6. The number of likely N-dealkylation sites (tertiary alicyclic amines) is 1. The Hall–Kier alpha value is -3.51. The van der Waals surface area contributed by atoms with Gasteiger partial charge in [0, 0.05) is 19.4 Å². The van der Waals surface area contributed by atoms with Crippen LogP contribution in [0.5, 0.6) is 0 Å². The van der Waals surface area contributed by atoms with Crippen molar-refractivity contribution in [2.75, 3.05) is 13.2 Å². The van der Waals surface area contributed by atoms with Gasteiger partial charge in [0.2, 0.25) is 17.4 Å². The lowest BCUT2D eigenvalue weighted by atomic mass is 9.94. The van der Waals surface area contributed by atoms with Crippen LogP contribution in [0.2, 0.25) is 0 Å². The smallest absolute Gasteiger partial charge is 0.408 e. The number of imide groups is 1. The monoisotopic (exact) mass is 460 g/mol. The fraction of sp³-hybridized carbons (Fsp3) is 0.476. The number of ether oxygens (including phenoxy) is 2. The van der Waals surface area contributed by atoms with E-state index in [1.165, 1.54) is 0 Å². The van der Waals surface area contributed by atoms with Crippen LogP contribution in [0.4, 0.5) is 9.59 Å². The molecule has 3 heterocycles. The first-order chi connectivity index (χ1) is 15.8. The molecule has 4 rings (SSSR count). The van der Waals surface area contributed by atoms with E-state index in [1.807, 2.05) is 6.07 Å². The lowest BCUT2D eigenvalue weighted by molar-refractivity contribution is -0.219. The number of Topliss-reactive ketones (excluding diaryl/α,β-unsaturated/α-hetero) is 1. The Bertz CT molecular complexity index is 964. The van der Waals surface area contributed by atoms with Crippen molar-refractivity contribution in [1.82, 2.24) is 15.3 Å². The fourth-order valence-electron chi connectivity index (χ4n) is 4.31. The van der Waals surface area contributed by atoms with E-state index in [-0.39, 0.29) is 26.1 Å². The first-order valence-corrected chi connectivity index (χ1v) is 10.6. The summed E-state index contributed by atoms with van der Waals surface area (Å²) in [5, 5.41) is 3.08. The van der Waals surface area contributed by atoms with E-state index >= 15 is 0 Å². The average Bonchev–Trinajstić information content (AvgIpc) is 3.53. The molecule has 1 aromatic carbocycles. The summed E-state index contributed by atoms with van der Waals surface area (Å²) in [6.07, 6.45) is -1.18. The highest BCUT2D eigenvalue weighted by molar-refractivity contribution is 6.08. The molecule has 176 valence electrons. The van der Waals surface area contributed by atoms with Gasteiger partial charge in [-0.05, 0) is 18.4 Å². The van der Waals surface area contributed by atoms with Gasteiger partial charge in [0.25, 0.3) is 5.91 Å². The minimum atomic E-state index is -2.07. The van der Waals surface area contributed by atoms with Crippen LogP contribution in [0.15, 0.2) is 30.3 Å². The molecule has 3 saturated heterocycles. The number of urea groups is 1. The zero-order valence-electron chi connectivity index (χ0n) is 17.7. The summed E-state index contributed by atoms with van der Waals surface area (Å²) in [5.74, 6) is -2.17. The second kappa shape index (κ2) is 9.16. The summed E-state index contributed by atoms with van der Waals surface area (Å²) in [7, 11) is 0. The lowest BCUT2D eigenvalue weighted by Crippen LogP contribution is -2.68. The zero-order valence-corrected chi connectivity index (χ0v) is 17.7. The van der Waals surface area contributed by atoms with Gasteiger partial charge >= 0.3 is 12.1 Å². The quantitative estimate of drug-likeness (QED) is 0.609. The predicted molar refractivity (Wildman–Crippen MR) is 109 cm³/mol. The number of hydrogen-bond donors (Lipinski definition) is 2. The molecule has 3 N–H and O–H groups in total. The van der Waals surface area contributed by atoms with Gasteiger partial charge < -0.3 is 20.5 Å². The molecule has 33 heavy (non-hydrogen) atoms. The normalized spacial score (nSPS) is 27.2. The Morgan fingerprint density at radius 1 is 1.21 bits per heavy atom. The summed E-state index contributed by atoms with van der Waals surface area (Å²) >= 11 is 0. The number of amides is 5. The second-order valence-corrected chi connectivity index (χ2v) is 7.94. The topological polar surface area (TPSA) is 158 Å². The van der Waals surface area contributed by atoms with E-state index in [2.05, 4.69) is 5.32 Å². The first-order valence-electron chi connectivity index (χ1n) is 10.6. The van der Waals surface area contributed by atoms with Gasteiger partial charge in [0.05, 0.1) is 0 Å². The van der Waals surface area contributed by atoms with Crippen LogP contribution >= 0.6 is 0 Å². The number of alkyl carbamates (subject to hydrolysis) is 1. The molecule has 0 radical (unpaired) electrons. The summed E-state index contributed by atoms with van der Waals surface area (Å²) in [5.41, 5.74) is 4.10. The third kappa shape index (κ3) is 4.14. The number of carbonyl (C=O) groups is 5. The largest absolute Gasteiger partial charge is 0.445 e. The van der Waals surface area contributed by atoms with E-state index in [0.717, 1.165) is 5.56 Å². The minimum Gasteiger partial charge on any atom is -0.445 e.